The molecule has 0 fully saturated rings. The lowest BCUT2D eigenvalue weighted by molar-refractivity contribution is 0.102. The van der Waals surface area contributed by atoms with E-state index in [0.29, 0.717) is 22.7 Å². The van der Waals surface area contributed by atoms with Crippen molar-refractivity contribution in [1.82, 2.24) is 4.98 Å². The van der Waals surface area contributed by atoms with E-state index in [0.717, 1.165) is 0 Å². The third kappa shape index (κ3) is 3.07. The molecule has 1 heterocycles. The Morgan fingerprint density at radius 3 is 2.95 bits per heavy atom. The van der Waals surface area contributed by atoms with Gasteiger partial charge in [0.2, 0.25) is 5.88 Å². The number of nitriles is 1. The second kappa shape index (κ2) is 5.65. The van der Waals surface area contributed by atoms with E-state index in [1.54, 1.807) is 36.4 Å². The molecule has 1 aromatic heterocycles. The van der Waals surface area contributed by atoms with Crippen molar-refractivity contribution in [1.29, 1.82) is 5.26 Å². The van der Waals surface area contributed by atoms with Crippen LogP contribution < -0.4 is 10.1 Å². The monoisotopic (exact) mass is 253 g/mol. The fourth-order valence-corrected chi connectivity index (χ4v) is 1.53. The van der Waals surface area contributed by atoms with E-state index in [4.69, 9.17) is 10.00 Å². The molecule has 0 aliphatic carbocycles. The molecular formula is C14H11N3O2. The molecule has 1 aromatic carbocycles. The average Bonchev–Trinajstić information content (AvgIpc) is 2.47. The molecule has 0 aliphatic rings. The highest BCUT2D eigenvalue weighted by Crippen LogP contribution is 2.13. The van der Waals surface area contributed by atoms with Crippen LogP contribution in [0.3, 0.4) is 0 Å². The summed E-state index contributed by atoms with van der Waals surface area (Å²) >= 11 is 0. The number of benzene rings is 1. The molecule has 1 amide bonds. The van der Waals surface area contributed by atoms with Crippen molar-refractivity contribution < 1.29 is 9.53 Å². The Labute approximate surface area is 110 Å². The van der Waals surface area contributed by atoms with Crippen LogP contribution in [0.4, 0.5) is 5.69 Å². The third-order valence-corrected chi connectivity index (χ3v) is 2.46. The van der Waals surface area contributed by atoms with Gasteiger partial charge in [0.05, 0.1) is 18.7 Å². The smallest absolute Gasteiger partial charge is 0.255 e. The average molecular weight is 253 g/mol. The van der Waals surface area contributed by atoms with Crippen molar-refractivity contribution in [3.8, 4) is 11.9 Å². The molecule has 2 aromatic rings. The molecule has 0 bridgehead atoms. The Balaban J connectivity index is 2.18. The van der Waals surface area contributed by atoms with E-state index in [-0.39, 0.29) is 5.91 Å². The summed E-state index contributed by atoms with van der Waals surface area (Å²) in [6, 6.07) is 11.9. The van der Waals surface area contributed by atoms with Crippen molar-refractivity contribution in [2.45, 2.75) is 0 Å². The number of rotatable bonds is 3. The Morgan fingerprint density at radius 1 is 1.37 bits per heavy atom. The zero-order chi connectivity index (χ0) is 13.7. The van der Waals surface area contributed by atoms with Crippen molar-refractivity contribution in [3.05, 3.63) is 53.7 Å². The summed E-state index contributed by atoms with van der Waals surface area (Å²) in [6.45, 7) is 0. The van der Waals surface area contributed by atoms with Gasteiger partial charge >= 0.3 is 0 Å². The van der Waals surface area contributed by atoms with E-state index in [1.165, 1.54) is 13.3 Å². The number of hydrogen-bond acceptors (Lipinski definition) is 4. The molecule has 0 unspecified atom stereocenters. The van der Waals surface area contributed by atoms with Gasteiger partial charge in [0, 0.05) is 23.5 Å². The predicted octanol–water partition coefficient (Wildman–Crippen LogP) is 2.21. The standard InChI is InChI=1S/C14H11N3O2/c1-19-13-8-11(5-6-16-13)14(18)17-12-4-2-3-10(7-12)9-15/h2-8H,1H3,(H,17,18). The maximum Gasteiger partial charge on any atom is 0.255 e. The van der Waals surface area contributed by atoms with Crippen LogP contribution in [0.15, 0.2) is 42.6 Å². The number of aromatic nitrogens is 1. The van der Waals surface area contributed by atoms with Gasteiger partial charge in [-0.25, -0.2) is 4.98 Å². The van der Waals surface area contributed by atoms with Gasteiger partial charge in [-0.2, -0.15) is 5.26 Å². The van der Waals surface area contributed by atoms with Gasteiger partial charge in [-0.05, 0) is 24.3 Å². The lowest BCUT2D eigenvalue weighted by Crippen LogP contribution is -2.12. The first-order chi connectivity index (χ1) is 9.22. The van der Waals surface area contributed by atoms with Crippen LogP contribution in [0, 0.1) is 11.3 Å². The molecule has 1 N–H and O–H groups in total. The predicted molar refractivity (Wildman–Crippen MR) is 69.9 cm³/mol. The SMILES string of the molecule is COc1cc(C(=O)Nc2cccc(C#N)c2)ccn1. The van der Waals surface area contributed by atoms with Crippen molar-refractivity contribution in [2.75, 3.05) is 12.4 Å². The summed E-state index contributed by atoms with van der Waals surface area (Å²) in [7, 11) is 1.49. The molecule has 0 saturated carbocycles. The molecule has 2 rings (SSSR count). The first kappa shape index (κ1) is 12.6. The van der Waals surface area contributed by atoms with E-state index in [1.807, 2.05) is 6.07 Å². The fraction of sp³-hybridized carbons (Fsp3) is 0.0714. The van der Waals surface area contributed by atoms with Gasteiger partial charge in [-0.3, -0.25) is 4.79 Å². The summed E-state index contributed by atoms with van der Waals surface area (Å²) in [5.41, 5.74) is 1.50. The van der Waals surface area contributed by atoms with Crippen LogP contribution in [0.25, 0.3) is 0 Å². The maximum atomic E-state index is 12.0. The zero-order valence-corrected chi connectivity index (χ0v) is 10.3. The second-order valence-electron chi connectivity index (χ2n) is 3.73. The Morgan fingerprint density at radius 2 is 2.21 bits per heavy atom. The highest BCUT2D eigenvalue weighted by molar-refractivity contribution is 6.04. The normalized spacial score (nSPS) is 9.47. The topological polar surface area (TPSA) is 75.0 Å². The van der Waals surface area contributed by atoms with E-state index < -0.39 is 0 Å². The zero-order valence-electron chi connectivity index (χ0n) is 10.3. The van der Waals surface area contributed by atoms with Crippen LogP contribution >= 0.6 is 0 Å². The summed E-state index contributed by atoms with van der Waals surface area (Å²) in [6.07, 6.45) is 1.50. The number of ether oxygens (including phenoxy) is 1. The van der Waals surface area contributed by atoms with Crippen LogP contribution in [-0.4, -0.2) is 18.0 Å². The number of nitrogens with zero attached hydrogens (tertiary/aromatic N) is 2. The Hall–Kier alpha value is -2.87. The highest BCUT2D eigenvalue weighted by Gasteiger charge is 2.07. The number of carbonyl (C=O) groups excluding carboxylic acids is 1. The fourth-order valence-electron chi connectivity index (χ4n) is 1.53. The molecule has 0 atom stereocenters. The summed E-state index contributed by atoms with van der Waals surface area (Å²) < 4.78 is 4.96. The van der Waals surface area contributed by atoms with E-state index in [9.17, 15) is 4.79 Å². The summed E-state index contributed by atoms with van der Waals surface area (Å²) in [5.74, 6) is 0.0919. The molecule has 5 heteroatoms. The van der Waals surface area contributed by atoms with Crippen LogP contribution in [0.1, 0.15) is 15.9 Å². The van der Waals surface area contributed by atoms with Crippen molar-refractivity contribution >= 4 is 11.6 Å². The number of amides is 1. The molecule has 5 nitrogen and oxygen atoms in total. The molecule has 0 radical (unpaired) electrons. The van der Waals surface area contributed by atoms with Crippen molar-refractivity contribution in [2.24, 2.45) is 0 Å². The minimum absolute atomic E-state index is 0.282. The first-order valence-electron chi connectivity index (χ1n) is 5.54. The number of hydrogen-bond donors (Lipinski definition) is 1. The Bertz CT molecular complexity index is 647. The largest absolute Gasteiger partial charge is 0.481 e. The molecule has 19 heavy (non-hydrogen) atoms. The molecule has 0 saturated heterocycles. The van der Waals surface area contributed by atoms with E-state index >= 15 is 0 Å². The third-order valence-electron chi connectivity index (χ3n) is 2.46. The van der Waals surface area contributed by atoms with Crippen LogP contribution in [0.2, 0.25) is 0 Å². The summed E-state index contributed by atoms with van der Waals surface area (Å²) in [4.78, 5) is 15.9. The van der Waals surface area contributed by atoms with Gasteiger partial charge < -0.3 is 10.1 Å². The quantitative estimate of drug-likeness (QED) is 0.910. The van der Waals surface area contributed by atoms with Gasteiger partial charge in [0.15, 0.2) is 0 Å². The minimum Gasteiger partial charge on any atom is -0.481 e. The van der Waals surface area contributed by atoms with Gasteiger partial charge in [-0.15, -0.1) is 0 Å². The molecule has 94 valence electrons. The first-order valence-corrected chi connectivity index (χ1v) is 5.54. The molecule has 0 spiro atoms. The number of methoxy groups -OCH3 is 1. The molecule has 0 aliphatic heterocycles. The van der Waals surface area contributed by atoms with Gasteiger partial charge in [0.25, 0.3) is 5.91 Å². The molecular weight excluding hydrogens is 242 g/mol. The Kier molecular flexibility index (Phi) is 3.74. The van der Waals surface area contributed by atoms with Gasteiger partial charge in [0.1, 0.15) is 0 Å². The highest BCUT2D eigenvalue weighted by atomic mass is 16.5. The number of carbonyl (C=O) groups is 1. The van der Waals surface area contributed by atoms with Crippen molar-refractivity contribution in [3.63, 3.8) is 0 Å². The van der Waals surface area contributed by atoms with Crippen LogP contribution in [0.5, 0.6) is 5.88 Å². The minimum atomic E-state index is -0.282. The number of anilines is 1. The lowest BCUT2D eigenvalue weighted by Gasteiger charge is -2.06. The number of nitrogens with one attached hydrogen (secondary N) is 1. The van der Waals surface area contributed by atoms with Crippen LogP contribution in [-0.2, 0) is 0 Å². The second-order valence-corrected chi connectivity index (χ2v) is 3.73. The number of pyridine rings is 1. The summed E-state index contributed by atoms with van der Waals surface area (Å²) in [5, 5.41) is 11.5. The van der Waals surface area contributed by atoms with Gasteiger partial charge in [-0.1, -0.05) is 6.07 Å². The van der Waals surface area contributed by atoms with E-state index in [2.05, 4.69) is 10.3 Å². The maximum absolute atomic E-state index is 12.0. The lowest BCUT2D eigenvalue weighted by atomic mass is 10.2.